The van der Waals surface area contributed by atoms with Crippen molar-refractivity contribution in [2.45, 2.75) is 64.0 Å². The molecule has 0 saturated carbocycles. The quantitative estimate of drug-likeness (QED) is 0.307. The highest BCUT2D eigenvalue weighted by molar-refractivity contribution is 6.30. The van der Waals surface area contributed by atoms with Crippen molar-refractivity contribution in [3.05, 3.63) is 91.8 Å². The zero-order chi connectivity index (χ0) is 26.1. The van der Waals surface area contributed by atoms with Crippen LogP contribution in [0.3, 0.4) is 0 Å². The number of likely N-dealkylation sites (tertiary alicyclic amines) is 1. The molecule has 2 aromatic heterocycles. The molecule has 38 heavy (non-hydrogen) atoms. The minimum absolute atomic E-state index is 0.151. The van der Waals surface area contributed by atoms with Gasteiger partial charge in [-0.1, -0.05) is 41.9 Å². The van der Waals surface area contributed by atoms with Crippen molar-refractivity contribution in [1.29, 1.82) is 0 Å². The highest BCUT2D eigenvalue weighted by atomic mass is 35.5. The van der Waals surface area contributed by atoms with Crippen LogP contribution >= 0.6 is 11.6 Å². The predicted octanol–water partition coefficient (Wildman–Crippen LogP) is 5.81. The van der Waals surface area contributed by atoms with Gasteiger partial charge in [0.05, 0.1) is 5.56 Å². The van der Waals surface area contributed by atoms with Gasteiger partial charge in [-0.2, -0.15) is 0 Å². The Balaban J connectivity index is 1.10. The first kappa shape index (κ1) is 25.2. The molecule has 0 bridgehead atoms. The van der Waals surface area contributed by atoms with E-state index >= 15 is 0 Å². The molecule has 1 saturated heterocycles. The summed E-state index contributed by atoms with van der Waals surface area (Å²) in [6.07, 6.45) is 9.05. The van der Waals surface area contributed by atoms with Crippen LogP contribution in [0.25, 0.3) is 22.0 Å². The molecule has 7 heteroatoms. The van der Waals surface area contributed by atoms with Gasteiger partial charge in [0, 0.05) is 40.9 Å². The Kier molecular flexibility index (Phi) is 7.26. The number of hydrogen-bond acceptors (Lipinski definition) is 3. The fraction of sp³-hybridized carbons (Fsp3) is 0.419. The predicted molar refractivity (Wildman–Crippen MR) is 154 cm³/mol. The third-order valence-corrected chi connectivity index (χ3v) is 8.72. The maximum atomic E-state index is 13.6. The summed E-state index contributed by atoms with van der Waals surface area (Å²) in [5.74, 6) is 0.600. The number of halogens is 1. The van der Waals surface area contributed by atoms with E-state index in [-0.39, 0.29) is 11.2 Å². The number of rotatable bonds is 7. The molecule has 4 heterocycles. The van der Waals surface area contributed by atoms with Crippen molar-refractivity contribution < 1.29 is 0 Å². The zero-order valence-electron chi connectivity index (χ0n) is 21.8. The van der Waals surface area contributed by atoms with E-state index in [0.717, 1.165) is 75.8 Å². The number of unbranched alkanes of at least 4 members (excludes halogenated alkanes) is 1. The lowest BCUT2D eigenvalue weighted by atomic mass is 9.89. The Hall–Kier alpha value is -3.09. The number of para-hydroxylation sites is 1. The van der Waals surface area contributed by atoms with Crippen molar-refractivity contribution in [2.75, 3.05) is 19.6 Å². The largest absolute Gasteiger partial charge is 0.361 e. The van der Waals surface area contributed by atoms with Gasteiger partial charge in [-0.15, -0.1) is 0 Å². The number of fused-ring (bicyclic) bond motifs is 2. The van der Waals surface area contributed by atoms with Crippen LogP contribution in [0, 0.1) is 0 Å². The summed E-state index contributed by atoms with van der Waals surface area (Å²) in [5, 5.41) is 1.99. The molecule has 0 spiro atoms. The van der Waals surface area contributed by atoms with E-state index in [4.69, 9.17) is 11.6 Å². The second-order valence-corrected chi connectivity index (χ2v) is 11.2. The average Bonchev–Trinajstić information content (AvgIpc) is 3.38. The first-order chi connectivity index (χ1) is 18.6. The summed E-state index contributed by atoms with van der Waals surface area (Å²) >= 11 is 6.10. The van der Waals surface area contributed by atoms with Gasteiger partial charge in [-0.3, -0.25) is 13.9 Å². The van der Waals surface area contributed by atoms with Crippen molar-refractivity contribution in [3.8, 4) is 11.1 Å². The van der Waals surface area contributed by atoms with Crippen LogP contribution in [0.5, 0.6) is 0 Å². The Bertz CT molecular complexity index is 1540. The first-order valence-electron chi connectivity index (χ1n) is 14.0. The molecule has 0 radical (unpaired) electrons. The van der Waals surface area contributed by atoms with Gasteiger partial charge in [0.1, 0.15) is 0 Å². The third kappa shape index (κ3) is 4.87. The van der Waals surface area contributed by atoms with Crippen LogP contribution in [0.2, 0.25) is 5.02 Å². The Morgan fingerprint density at radius 1 is 0.895 bits per heavy atom. The van der Waals surface area contributed by atoms with E-state index in [9.17, 15) is 9.59 Å². The summed E-state index contributed by atoms with van der Waals surface area (Å²) in [6.45, 7) is 4.33. The van der Waals surface area contributed by atoms with Gasteiger partial charge in [-0.25, -0.2) is 4.79 Å². The van der Waals surface area contributed by atoms with E-state index in [1.54, 1.807) is 0 Å². The molecule has 6 nitrogen and oxygen atoms in total. The van der Waals surface area contributed by atoms with Gasteiger partial charge < -0.3 is 9.88 Å². The maximum absolute atomic E-state index is 13.6. The van der Waals surface area contributed by atoms with Gasteiger partial charge in [0.2, 0.25) is 0 Å². The number of aromatic amines is 1. The first-order valence-corrected chi connectivity index (χ1v) is 14.4. The second-order valence-electron chi connectivity index (χ2n) is 10.8. The van der Waals surface area contributed by atoms with Crippen LogP contribution in [0.4, 0.5) is 0 Å². The minimum atomic E-state index is -0.162. The molecule has 1 N–H and O–H groups in total. The lowest BCUT2D eigenvalue weighted by Crippen LogP contribution is -2.44. The number of nitrogens with zero attached hydrogens (tertiary/aromatic N) is 3. The average molecular weight is 531 g/mol. The van der Waals surface area contributed by atoms with E-state index in [0.29, 0.717) is 29.6 Å². The highest BCUT2D eigenvalue weighted by Gasteiger charge is 2.24. The number of hydrogen-bond donors (Lipinski definition) is 1. The van der Waals surface area contributed by atoms with Crippen LogP contribution in [0.1, 0.15) is 55.7 Å². The summed E-state index contributed by atoms with van der Waals surface area (Å²) < 4.78 is 3.31. The molecule has 0 unspecified atom stereocenters. The lowest BCUT2D eigenvalue weighted by molar-refractivity contribution is 0.208. The maximum Gasteiger partial charge on any atom is 0.331 e. The fourth-order valence-corrected chi connectivity index (χ4v) is 6.53. The highest BCUT2D eigenvalue weighted by Crippen LogP contribution is 2.33. The Morgan fingerprint density at radius 3 is 2.47 bits per heavy atom. The van der Waals surface area contributed by atoms with Crippen molar-refractivity contribution in [3.63, 3.8) is 0 Å². The molecular formula is C31H35ClN4O2. The van der Waals surface area contributed by atoms with E-state index in [2.05, 4.69) is 40.3 Å². The molecule has 198 valence electrons. The van der Waals surface area contributed by atoms with E-state index < -0.39 is 0 Å². The van der Waals surface area contributed by atoms with Crippen LogP contribution < -0.4 is 11.2 Å². The van der Waals surface area contributed by atoms with Crippen molar-refractivity contribution in [2.24, 2.45) is 0 Å². The van der Waals surface area contributed by atoms with Gasteiger partial charge in [0.25, 0.3) is 5.56 Å². The van der Waals surface area contributed by atoms with Crippen LogP contribution in [-0.4, -0.2) is 38.7 Å². The van der Waals surface area contributed by atoms with Crippen molar-refractivity contribution >= 4 is 22.5 Å². The number of nitrogens with one attached hydrogen (secondary N) is 1. The van der Waals surface area contributed by atoms with E-state index in [1.165, 1.54) is 21.0 Å². The van der Waals surface area contributed by atoms with Gasteiger partial charge in [-0.05, 0) is 99.8 Å². The summed E-state index contributed by atoms with van der Waals surface area (Å²) in [7, 11) is 0. The molecule has 1 fully saturated rings. The van der Waals surface area contributed by atoms with Crippen LogP contribution in [-0.2, 0) is 19.5 Å². The smallest absolute Gasteiger partial charge is 0.331 e. The summed E-state index contributed by atoms with van der Waals surface area (Å²) in [6, 6.07) is 16.0. The van der Waals surface area contributed by atoms with Gasteiger partial charge in [0.15, 0.2) is 0 Å². The normalized spacial score (nSPS) is 16.7. The topological polar surface area (TPSA) is 63.0 Å². The molecular weight excluding hydrogens is 496 g/mol. The summed E-state index contributed by atoms with van der Waals surface area (Å²) in [5.41, 5.74) is 4.74. The number of piperidine rings is 1. The van der Waals surface area contributed by atoms with Gasteiger partial charge >= 0.3 is 5.69 Å². The third-order valence-electron chi connectivity index (χ3n) is 8.47. The summed E-state index contributed by atoms with van der Waals surface area (Å²) in [4.78, 5) is 32.8. The monoisotopic (exact) mass is 530 g/mol. The molecule has 0 atom stereocenters. The molecule has 4 aromatic rings. The molecule has 6 rings (SSSR count). The SMILES string of the molecule is O=c1c(-c2ccc(Cl)cc2)c2n(c(=O)n1CCCCN1CCC(c3c[nH]c4ccccc34)CC1)CCCC2. The standard InChI is InChI=1S/C31H35ClN4O2/c32-24-12-10-23(11-13-24)29-28-9-3-4-17-35(28)31(38)36(30(29)37)18-6-5-16-34-19-14-22(15-20-34)26-21-33-27-8-2-1-7-25(26)27/h1-2,7-8,10-13,21-22,33H,3-6,9,14-20H2. The number of H-pyrrole nitrogens is 1. The second kappa shape index (κ2) is 11.0. The van der Waals surface area contributed by atoms with E-state index in [1.807, 2.05) is 28.8 Å². The Labute approximate surface area is 227 Å². The number of aromatic nitrogens is 3. The molecule has 0 amide bonds. The zero-order valence-corrected chi connectivity index (χ0v) is 22.6. The minimum Gasteiger partial charge on any atom is -0.361 e. The number of benzene rings is 2. The lowest BCUT2D eigenvalue weighted by Gasteiger charge is -2.32. The molecule has 2 aliphatic heterocycles. The molecule has 2 aromatic carbocycles. The van der Waals surface area contributed by atoms with Crippen molar-refractivity contribution in [1.82, 2.24) is 19.0 Å². The Morgan fingerprint density at radius 2 is 1.66 bits per heavy atom. The molecule has 2 aliphatic rings. The van der Waals surface area contributed by atoms with Crippen LogP contribution in [0.15, 0.2) is 64.3 Å². The fourth-order valence-electron chi connectivity index (χ4n) is 6.40. The molecule has 0 aliphatic carbocycles.